The molecule has 0 aromatic rings. The number of carbonyl (C=O) groups excluding carboxylic acids is 1. The quantitative estimate of drug-likeness (QED) is 0.576. The summed E-state index contributed by atoms with van der Waals surface area (Å²) in [6.07, 6.45) is 2.17. The normalized spacial score (nSPS) is 30.2. The Kier molecular flexibility index (Phi) is 2.71. The first-order chi connectivity index (χ1) is 5.45. The van der Waals surface area contributed by atoms with Crippen LogP contribution in [0.2, 0.25) is 0 Å². The minimum absolute atomic E-state index is 0.0949. The smallest absolute Gasteiger partial charge is 0.235 e. The van der Waals surface area contributed by atoms with Gasteiger partial charge in [0.05, 0.1) is 0 Å². The van der Waals surface area contributed by atoms with Gasteiger partial charge in [-0.05, 0) is 18.3 Å². The van der Waals surface area contributed by atoms with Gasteiger partial charge in [-0.2, -0.15) is 0 Å². The van der Waals surface area contributed by atoms with E-state index in [0.717, 1.165) is 19.4 Å². The summed E-state index contributed by atoms with van der Waals surface area (Å²) in [5.41, 5.74) is 0.133. The van der Waals surface area contributed by atoms with E-state index in [2.05, 4.69) is 26.7 Å². The average Bonchev–Trinajstić information content (AvgIpc) is 2.06. The van der Waals surface area contributed by atoms with E-state index in [4.69, 9.17) is 0 Å². The number of rotatable bonds is 0. The van der Waals surface area contributed by atoms with Gasteiger partial charge in [0, 0.05) is 12.5 Å². The van der Waals surface area contributed by atoms with Crippen molar-refractivity contribution in [3.8, 4) is 0 Å². The third kappa shape index (κ3) is 1.76. The summed E-state index contributed by atoms with van der Waals surface area (Å²) >= 11 is 4.15. The number of nitrogens with zero attached hydrogens (tertiary/aromatic N) is 1. The summed E-state index contributed by atoms with van der Waals surface area (Å²) in [5, 5.41) is 0. The Hall–Kier alpha value is -0.180. The zero-order valence-electron chi connectivity index (χ0n) is 8.00. The van der Waals surface area contributed by atoms with Crippen LogP contribution < -0.4 is 0 Å². The maximum Gasteiger partial charge on any atom is 0.235 e. The second kappa shape index (κ2) is 3.29. The predicted octanol–water partition coefficient (Wildman–Crippen LogP) is 2.12. The van der Waals surface area contributed by atoms with Gasteiger partial charge in [0.15, 0.2) is 0 Å². The first kappa shape index (κ1) is 9.90. The lowest BCUT2D eigenvalue weighted by Crippen LogP contribution is -2.32. The molecule has 70 valence electrons. The van der Waals surface area contributed by atoms with Gasteiger partial charge in [0.2, 0.25) is 5.91 Å². The molecule has 1 amide bonds. The van der Waals surface area contributed by atoms with Crippen LogP contribution in [0, 0.1) is 11.3 Å². The SMILES string of the molecule is CC1C(=O)N(S)CCCC1(C)C. The lowest BCUT2D eigenvalue weighted by atomic mass is 9.77. The topological polar surface area (TPSA) is 20.3 Å². The van der Waals surface area contributed by atoms with Crippen molar-refractivity contribution in [3.05, 3.63) is 0 Å². The molecule has 1 rings (SSSR count). The number of carbonyl (C=O) groups is 1. The zero-order chi connectivity index (χ0) is 9.35. The molecule has 0 aromatic heterocycles. The minimum atomic E-state index is 0.0949. The monoisotopic (exact) mass is 187 g/mol. The summed E-state index contributed by atoms with van der Waals surface area (Å²) in [5.74, 6) is 0.262. The van der Waals surface area contributed by atoms with Crippen molar-refractivity contribution >= 4 is 18.7 Å². The van der Waals surface area contributed by atoms with Crippen molar-refractivity contribution in [2.45, 2.75) is 33.6 Å². The first-order valence-corrected chi connectivity index (χ1v) is 4.85. The molecule has 0 bridgehead atoms. The van der Waals surface area contributed by atoms with Crippen LogP contribution in [0.3, 0.4) is 0 Å². The summed E-state index contributed by atoms with van der Waals surface area (Å²) < 4.78 is 1.55. The lowest BCUT2D eigenvalue weighted by molar-refractivity contribution is -0.131. The highest BCUT2D eigenvalue weighted by molar-refractivity contribution is 7.78. The molecule has 1 aliphatic rings. The highest BCUT2D eigenvalue weighted by Gasteiger charge is 2.35. The number of amides is 1. The van der Waals surface area contributed by atoms with E-state index in [1.165, 1.54) is 0 Å². The van der Waals surface area contributed by atoms with Gasteiger partial charge in [-0.1, -0.05) is 33.6 Å². The van der Waals surface area contributed by atoms with Crippen molar-refractivity contribution in [1.29, 1.82) is 0 Å². The largest absolute Gasteiger partial charge is 0.289 e. The molecular weight excluding hydrogens is 170 g/mol. The third-order valence-corrected chi connectivity index (χ3v) is 3.39. The summed E-state index contributed by atoms with van der Waals surface area (Å²) in [7, 11) is 0. The molecule has 0 radical (unpaired) electrons. The number of hydrogen-bond donors (Lipinski definition) is 1. The summed E-state index contributed by atoms with van der Waals surface area (Å²) in [6.45, 7) is 7.09. The maximum atomic E-state index is 11.6. The van der Waals surface area contributed by atoms with Crippen molar-refractivity contribution in [2.75, 3.05) is 6.54 Å². The van der Waals surface area contributed by atoms with Gasteiger partial charge in [-0.25, -0.2) is 0 Å². The standard InChI is InChI=1S/C9H17NOS/c1-7-8(11)10(12)6-4-5-9(7,2)3/h7,12H,4-6H2,1-3H3. The van der Waals surface area contributed by atoms with Gasteiger partial charge < -0.3 is 0 Å². The van der Waals surface area contributed by atoms with Crippen LogP contribution in [0.15, 0.2) is 0 Å². The Bertz CT molecular complexity index is 191. The Balaban J connectivity index is 2.81. The number of hydrogen-bond acceptors (Lipinski definition) is 2. The third-order valence-electron chi connectivity index (χ3n) is 2.99. The van der Waals surface area contributed by atoms with Crippen molar-refractivity contribution in [3.63, 3.8) is 0 Å². The molecule has 1 heterocycles. The summed E-state index contributed by atoms with van der Waals surface area (Å²) in [6, 6.07) is 0. The minimum Gasteiger partial charge on any atom is -0.289 e. The zero-order valence-corrected chi connectivity index (χ0v) is 8.90. The van der Waals surface area contributed by atoms with Crippen LogP contribution in [-0.4, -0.2) is 16.8 Å². The Morgan fingerprint density at radius 2 is 2.17 bits per heavy atom. The van der Waals surface area contributed by atoms with Crippen LogP contribution in [0.25, 0.3) is 0 Å². The van der Waals surface area contributed by atoms with Gasteiger partial charge >= 0.3 is 0 Å². The molecule has 1 saturated heterocycles. The van der Waals surface area contributed by atoms with Crippen molar-refractivity contribution < 1.29 is 4.79 Å². The van der Waals surface area contributed by atoms with E-state index in [-0.39, 0.29) is 17.2 Å². The highest BCUT2D eigenvalue weighted by Crippen LogP contribution is 2.35. The van der Waals surface area contributed by atoms with E-state index in [0.29, 0.717) is 0 Å². The van der Waals surface area contributed by atoms with Gasteiger partial charge in [-0.15, -0.1) is 0 Å². The van der Waals surface area contributed by atoms with E-state index in [1.54, 1.807) is 4.31 Å². The molecule has 0 saturated carbocycles. The molecule has 0 N–H and O–H groups in total. The second-order valence-corrected chi connectivity index (χ2v) is 4.76. The molecule has 1 aliphatic heterocycles. The van der Waals surface area contributed by atoms with E-state index >= 15 is 0 Å². The fourth-order valence-corrected chi connectivity index (χ4v) is 1.88. The first-order valence-electron chi connectivity index (χ1n) is 4.45. The predicted molar refractivity (Wildman–Crippen MR) is 52.9 cm³/mol. The molecule has 12 heavy (non-hydrogen) atoms. The second-order valence-electron chi connectivity index (χ2n) is 4.28. The van der Waals surface area contributed by atoms with Crippen LogP contribution >= 0.6 is 12.8 Å². The molecule has 2 nitrogen and oxygen atoms in total. The van der Waals surface area contributed by atoms with Crippen molar-refractivity contribution in [1.82, 2.24) is 4.31 Å². The maximum absolute atomic E-state index is 11.6. The van der Waals surface area contributed by atoms with Crippen molar-refractivity contribution in [2.24, 2.45) is 11.3 Å². The average molecular weight is 187 g/mol. The van der Waals surface area contributed by atoms with Crippen LogP contribution in [-0.2, 0) is 4.79 Å². The van der Waals surface area contributed by atoms with E-state index in [1.807, 2.05) is 6.92 Å². The highest BCUT2D eigenvalue weighted by atomic mass is 32.1. The van der Waals surface area contributed by atoms with Crippen LogP contribution in [0.4, 0.5) is 0 Å². The molecular formula is C9H17NOS. The molecule has 1 fully saturated rings. The molecule has 3 heteroatoms. The molecule has 0 spiro atoms. The molecule has 0 aliphatic carbocycles. The molecule has 1 atom stereocenters. The molecule has 0 aromatic carbocycles. The van der Waals surface area contributed by atoms with E-state index in [9.17, 15) is 4.79 Å². The van der Waals surface area contributed by atoms with Crippen LogP contribution in [0.1, 0.15) is 33.6 Å². The van der Waals surface area contributed by atoms with Crippen LogP contribution in [0.5, 0.6) is 0 Å². The Morgan fingerprint density at radius 3 is 2.75 bits per heavy atom. The Labute approximate surface area is 79.9 Å². The van der Waals surface area contributed by atoms with Gasteiger partial charge in [0.25, 0.3) is 0 Å². The lowest BCUT2D eigenvalue weighted by Gasteiger charge is -2.28. The van der Waals surface area contributed by atoms with Gasteiger partial charge in [0.1, 0.15) is 0 Å². The van der Waals surface area contributed by atoms with E-state index < -0.39 is 0 Å². The number of thiol groups is 1. The Morgan fingerprint density at radius 1 is 1.58 bits per heavy atom. The molecule has 1 unspecified atom stereocenters. The summed E-state index contributed by atoms with van der Waals surface area (Å²) in [4.78, 5) is 11.6. The fourth-order valence-electron chi connectivity index (χ4n) is 1.57. The van der Waals surface area contributed by atoms with Gasteiger partial charge in [-0.3, -0.25) is 9.10 Å². The fraction of sp³-hybridized carbons (Fsp3) is 0.889.